The van der Waals surface area contributed by atoms with Gasteiger partial charge in [0.05, 0.1) is 0 Å². The molecule has 1 saturated carbocycles. The predicted octanol–water partition coefficient (Wildman–Crippen LogP) is 3.73. The van der Waals surface area contributed by atoms with Gasteiger partial charge in [0.25, 0.3) is 0 Å². The van der Waals surface area contributed by atoms with Crippen LogP contribution in [0.25, 0.3) is 0 Å². The average molecular weight is 268 g/mol. The largest absolute Gasteiger partial charge is 0.310 e. The molecule has 0 heterocycles. The van der Waals surface area contributed by atoms with Crippen LogP contribution < -0.4 is 5.32 Å². The number of hydrogen-bond donors (Lipinski definition) is 1. The Kier molecular flexibility index (Phi) is 3.81. The van der Waals surface area contributed by atoms with Crippen LogP contribution in [-0.4, -0.2) is 6.04 Å². The molecule has 1 fully saturated rings. The second-order valence-electron chi connectivity index (χ2n) is 4.36. The summed E-state index contributed by atoms with van der Waals surface area (Å²) in [6.07, 6.45) is 4.07. The van der Waals surface area contributed by atoms with Crippen LogP contribution in [0.4, 0.5) is 0 Å². The van der Waals surface area contributed by atoms with Crippen LogP contribution in [-0.2, 0) is 6.54 Å². The summed E-state index contributed by atoms with van der Waals surface area (Å²) in [6, 6.07) is 9.21. The van der Waals surface area contributed by atoms with Gasteiger partial charge in [-0.25, -0.2) is 0 Å². The van der Waals surface area contributed by atoms with Crippen molar-refractivity contribution < 1.29 is 0 Å². The summed E-state index contributed by atoms with van der Waals surface area (Å²) in [6.45, 7) is 3.26. The van der Waals surface area contributed by atoms with E-state index in [4.69, 9.17) is 0 Å². The number of nitrogens with one attached hydrogen (secondary N) is 1. The predicted molar refractivity (Wildman–Crippen MR) is 67.8 cm³/mol. The van der Waals surface area contributed by atoms with Gasteiger partial charge in [0, 0.05) is 17.1 Å². The van der Waals surface area contributed by atoms with Crippen molar-refractivity contribution in [2.45, 2.75) is 38.8 Å². The van der Waals surface area contributed by atoms with Crippen LogP contribution in [0.3, 0.4) is 0 Å². The zero-order chi connectivity index (χ0) is 10.7. The lowest BCUT2D eigenvalue weighted by Crippen LogP contribution is -2.17. The van der Waals surface area contributed by atoms with E-state index in [1.54, 1.807) is 0 Å². The van der Waals surface area contributed by atoms with E-state index in [0.717, 1.165) is 18.5 Å². The molecule has 1 aromatic carbocycles. The summed E-state index contributed by atoms with van der Waals surface area (Å²) in [7, 11) is 0. The molecular weight excluding hydrogens is 250 g/mol. The van der Waals surface area contributed by atoms with E-state index in [0.29, 0.717) is 0 Å². The van der Waals surface area contributed by atoms with Crippen molar-refractivity contribution in [2.75, 3.05) is 0 Å². The molecule has 1 nitrogen and oxygen atoms in total. The van der Waals surface area contributed by atoms with Gasteiger partial charge in [0.2, 0.25) is 0 Å². The standard InChI is InChI=1S/C13H18BrN/c1-2-5-10-8-13(10)15-9-11-6-3-4-7-12(11)14/h3-4,6-7,10,13,15H,2,5,8-9H2,1H3. The molecule has 0 radical (unpaired) electrons. The van der Waals surface area contributed by atoms with Crippen molar-refractivity contribution in [1.29, 1.82) is 0 Å². The smallest absolute Gasteiger partial charge is 0.0220 e. The van der Waals surface area contributed by atoms with E-state index in [-0.39, 0.29) is 0 Å². The third kappa shape index (κ3) is 3.05. The first-order chi connectivity index (χ1) is 7.31. The molecule has 2 atom stereocenters. The molecule has 0 aromatic heterocycles. The molecule has 2 unspecified atom stereocenters. The van der Waals surface area contributed by atoms with Crippen molar-refractivity contribution in [3.63, 3.8) is 0 Å². The van der Waals surface area contributed by atoms with Gasteiger partial charge in [0.15, 0.2) is 0 Å². The molecule has 15 heavy (non-hydrogen) atoms. The van der Waals surface area contributed by atoms with Gasteiger partial charge in [-0.1, -0.05) is 47.5 Å². The van der Waals surface area contributed by atoms with Crippen molar-refractivity contribution >= 4 is 15.9 Å². The fourth-order valence-corrected chi connectivity index (χ4v) is 2.50. The minimum atomic E-state index is 0.775. The molecule has 0 saturated heterocycles. The highest BCUT2D eigenvalue weighted by atomic mass is 79.9. The maximum atomic E-state index is 3.62. The van der Waals surface area contributed by atoms with Gasteiger partial charge in [-0.3, -0.25) is 0 Å². The maximum Gasteiger partial charge on any atom is 0.0220 e. The first-order valence-electron chi connectivity index (χ1n) is 5.78. The normalized spacial score (nSPS) is 24.1. The minimum absolute atomic E-state index is 0.775. The Labute approximate surface area is 100 Å². The van der Waals surface area contributed by atoms with Crippen LogP contribution in [0.15, 0.2) is 28.7 Å². The third-order valence-electron chi connectivity index (χ3n) is 3.09. The lowest BCUT2D eigenvalue weighted by atomic mass is 10.2. The molecule has 1 aliphatic rings. The SMILES string of the molecule is CCCC1CC1NCc1ccccc1Br. The molecular formula is C13H18BrN. The number of benzene rings is 1. The maximum absolute atomic E-state index is 3.62. The Balaban J connectivity index is 1.78. The number of hydrogen-bond acceptors (Lipinski definition) is 1. The lowest BCUT2D eigenvalue weighted by molar-refractivity contribution is 0.598. The Morgan fingerprint density at radius 1 is 1.40 bits per heavy atom. The Morgan fingerprint density at radius 3 is 2.93 bits per heavy atom. The van der Waals surface area contributed by atoms with Crippen LogP contribution >= 0.6 is 15.9 Å². The molecule has 2 rings (SSSR count). The molecule has 1 aromatic rings. The van der Waals surface area contributed by atoms with Gasteiger partial charge in [-0.15, -0.1) is 0 Å². The van der Waals surface area contributed by atoms with Gasteiger partial charge < -0.3 is 5.32 Å². The summed E-state index contributed by atoms with van der Waals surface area (Å²) in [5.74, 6) is 0.942. The monoisotopic (exact) mass is 267 g/mol. The highest BCUT2D eigenvalue weighted by molar-refractivity contribution is 9.10. The second-order valence-corrected chi connectivity index (χ2v) is 5.22. The Hall–Kier alpha value is -0.340. The third-order valence-corrected chi connectivity index (χ3v) is 3.87. The zero-order valence-electron chi connectivity index (χ0n) is 9.17. The first-order valence-corrected chi connectivity index (χ1v) is 6.57. The quantitative estimate of drug-likeness (QED) is 0.858. The van der Waals surface area contributed by atoms with Crippen molar-refractivity contribution in [3.8, 4) is 0 Å². The van der Waals surface area contributed by atoms with Gasteiger partial charge in [0.1, 0.15) is 0 Å². The fourth-order valence-electron chi connectivity index (χ4n) is 2.07. The van der Waals surface area contributed by atoms with E-state index >= 15 is 0 Å². The summed E-state index contributed by atoms with van der Waals surface area (Å²) in [5, 5.41) is 3.62. The fraction of sp³-hybridized carbons (Fsp3) is 0.538. The topological polar surface area (TPSA) is 12.0 Å². The van der Waals surface area contributed by atoms with Gasteiger partial charge >= 0.3 is 0 Å². The molecule has 0 spiro atoms. The summed E-state index contributed by atoms with van der Waals surface area (Å²) >= 11 is 3.57. The summed E-state index contributed by atoms with van der Waals surface area (Å²) in [4.78, 5) is 0. The van der Waals surface area contributed by atoms with E-state index in [2.05, 4.69) is 52.4 Å². The Bertz CT molecular complexity index is 324. The average Bonchev–Trinajstić information content (AvgIpc) is 2.96. The van der Waals surface area contributed by atoms with Gasteiger partial charge in [-0.2, -0.15) is 0 Å². The molecule has 2 heteroatoms. The van der Waals surface area contributed by atoms with Crippen molar-refractivity contribution in [1.82, 2.24) is 5.32 Å². The molecule has 1 aliphatic carbocycles. The lowest BCUT2D eigenvalue weighted by Gasteiger charge is -2.06. The molecule has 0 aliphatic heterocycles. The number of halogens is 1. The summed E-state index contributed by atoms with van der Waals surface area (Å²) < 4.78 is 1.21. The van der Waals surface area contributed by atoms with Crippen LogP contribution in [0.1, 0.15) is 31.7 Å². The minimum Gasteiger partial charge on any atom is -0.310 e. The Morgan fingerprint density at radius 2 is 2.20 bits per heavy atom. The van der Waals surface area contributed by atoms with Crippen LogP contribution in [0.2, 0.25) is 0 Å². The first kappa shape index (κ1) is 11.2. The molecule has 0 amide bonds. The second kappa shape index (κ2) is 5.13. The highest BCUT2D eigenvalue weighted by Crippen LogP contribution is 2.34. The molecule has 82 valence electrons. The van der Waals surface area contributed by atoms with Crippen LogP contribution in [0.5, 0.6) is 0 Å². The van der Waals surface area contributed by atoms with E-state index in [1.165, 1.54) is 29.3 Å². The van der Waals surface area contributed by atoms with Crippen molar-refractivity contribution in [3.05, 3.63) is 34.3 Å². The van der Waals surface area contributed by atoms with E-state index < -0.39 is 0 Å². The molecule has 1 N–H and O–H groups in total. The number of rotatable bonds is 5. The summed E-state index contributed by atoms with van der Waals surface area (Å²) in [5.41, 5.74) is 1.36. The van der Waals surface area contributed by atoms with Gasteiger partial charge in [-0.05, 0) is 30.4 Å². The highest BCUT2D eigenvalue weighted by Gasteiger charge is 2.35. The molecule has 0 bridgehead atoms. The van der Waals surface area contributed by atoms with Crippen LogP contribution in [0, 0.1) is 5.92 Å². The van der Waals surface area contributed by atoms with Crippen molar-refractivity contribution in [2.24, 2.45) is 5.92 Å². The zero-order valence-corrected chi connectivity index (χ0v) is 10.8. The van der Waals surface area contributed by atoms with E-state index in [9.17, 15) is 0 Å². The van der Waals surface area contributed by atoms with E-state index in [1.807, 2.05) is 0 Å².